The molecule has 8 heteroatoms. The molecule has 0 fully saturated rings. The predicted octanol–water partition coefficient (Wildman–Crippen LogP) is 3.44. The Balaban J connectivity index is 2.61. The van der Waals surface area contributed by atoms with Crippen molar-refractivity contribution in [3.8, 4) is 0 Å². The summed E-state index contributed by atoms with van der Waals surface area (Å²) < 4.78 is 68.0. The van der Waals surface area contributed by atoms with Crippen LogP contribution in [0.2, 0.25) is 6.04 Å². The molecule has 0 aromatic heterocycles. The molecule has 0 heterocycles. The molecule has 3 nitrogen and oxygen atoms in total. The molecule has 1 aromatic rings. The Morgan fingerprint density at radius 2 is 1.43 bits per heavy atom. The average Bonchev–Trinajstić information content (AvgIpc) is 2.51. The summed E-state index contributed by atoms with van der Waals surface area (Å²) in [6.07, 6.45) is 1.08. The van der Waals surface area contributed by atoms with Gasteiger partial charge in [-0.05, 0) is 30.9 Å². The monoisotopic (exact) mass is 326 g/mol. The van der Waals surface area contributed by atoms with Gasteiger partial charge in [0.2, 0.25) is 0 Å². The molecular formula is C13H18F4O3Si. The van der Waals surface area contributed by atoms with Crippen molar-refractivity contribution in [3.05, 3.63) is 34.9 Å². The third-order valence-corrected chi connectivity index (χ3v) is 6.12. The van der Waals surface area contributed by atoms with Gasteiger partial charge in [0, 0.05) is 27.4 Å². The Hall–Kier alpha value is -0.963. The smallest absolute Gasteiger partial charge is 0.377 e. The van der Waals surface area contributed by atoms with Gasteiger partial charge in [-0.25, -0.2) is 17.6 Å². The van der Waals surface area contributed by atoms with E-state index in [1.165, 1.54) is 21.3 Å². The normalized spacial score (nSPS) is 12.0. The summed E-state index contributed by atoms with van der Waals surface area (Å²) in [5.74, 6) is -6.30. The summed E-state index contributed by atoms with van der Waals surface area (Å²) in [4.78, 5) is 0. The van der Waals surface area contributed by atoms with E-state index in [0.717, 1.165) is 0 Å². The van der Waals surface area contributed by atoms with Crippen molar-refractivity contribution >= 4 is 8.80 Å². The van der Waals surface area contributed by atoms with Crippen molar-refractivity contribution in [1.82, 2.24) is 0 Å². The SMILES string of the molecule is CO[Si](CCCCc1cc(F)c(F)c(F)c1F)(OC)OC. The highest BCUT2D eigenvalue weighted by molar-refractivity contribution is 6.60. The summed E-state index contributed by atoms with van der Waals surface area (Å²) in [6, 6.07) is 1.17. The number of halogens is 4. The fourth-order valence-electron chi connectivity index (χ4n) is 2.02. The first-order valence-electron chi connectivity index (χ1n) is 6.38. The van der Waals surface area contributed by atoms with Gasteiger partial charge < -0.3 is 13.3 Å². The van der Waals surface area contributed by atoms with Gasteiger partial charge in [-0.2, -0.15) is 0 Å². The van der Waals surface area contributed by atoms with Crippen LogP contribution in [0.5, 0.6) is 0 Å². The van der Waals surface area contributed by atoms with Crippen LogP contribution in [0.25, 0.3) is 0 Å². The van der Waals surface area contributed by atoms with Crippen molar-refractivity contribution in [2.75, 3.05) is 21.3 Å². The molecule has 0 aliphatic carbocycles. The fraction of sp³-hybridized carbons (Fsp3) is 0.538. The highest BCUT2D eigenvalue weighted by Gasteiger charge is 2.36. The molecule has 0 amide bonds. The maximum absolute atomic E-state index is 13.5. The number of rotatable bonds is 8. The van der Waals surface area contributed by atoms with Crippen LogP contribution in [-0.4, -0.2) is 30.1 Å². The zero-order valence-corrected chi connectivity index (χ0v) is 13.1. The summed E-state index contributed by atoms with van der Waals surface area (Å²) in [5, 5.41) is 0. The number of unbranched alkanes of at least 4 members (excludes halogenated alkanes) is 1. The van der Waals surface area contributed by atoms with E-state index < -0.39 is 32.1 Å². The summed E-state index contributed by atoms with van der Waals surface area (Å²) >= 11 is 0. The Kier molecular flexibility index (Phi) is 6.79. The maximum atomic E-state index is 13.5. The van der Waals surface area contributed by atoms with E-state index in [1.54, 1.807) is 0 Å². The molecule has 0 spiro atoms. The Bertz CT molecular complexity index is 473. The number of hydrogen-bond donors (Lipinski definition) is 0. The van der Waals surface area contributed by atoms with Gasteiger partial charge in [-0.3, -0.25) is 0 Å². The second-order valence-electron chi connectivity index (χ2n) is 4.46. The lowest BCUT2D eigenvalue weighted by Gasteiger charge is -2.24. The van der Waals surface area contributed by atoms with E-state index >= 15 is 0 Å². The molecule has 0 N–H and O–H groups in total. The third-order valence-electron chi connectivity index (χ3n) is 3.29. The minimum atomic E-state index is -2.70. The van der Waals surface area contributed by atoms with E-state index in [2.05, 4.69) is 0 Å². The average molecular weight is 326 g/mol. The van der Waals surface area contributed by atoms with Crippen LogP contribution in [0.3, 0.4) is 0 Å². The molecule has 21 heavy (non-hydrogen) atoms. The standard InChI is InChI=1S/C13H18F4O3Si/c1-18-21(19-2,20-3)7-5-4-6-9-8-10(14)12(16)13(17)11(9)15/h8H,4-7H2,1-3H3. The quantitative estimate of drug-likeness (QED) is 0.241. The van der Waals surface area contributed by atoms with Crippen LogP contribution in [0.4, 0.5) is 17.6 Å². The largest absolute Gasteiger partial charge is 0.500 e. The van der Waals surface area contributed by atoms with Gasteiger partial charge in [0.25, 0.3) is 0 Å². The van der Waals surface area contributed by atoms with E-state index in [4.69, 9.17) is 13.3 Å². The molecule has 0 bridgehead atoms. The molecule has 1 aromatic carbocycles. The summed E-state index contributed by atoms with van der Waals surface area (Å²) in [5.41, 5.74) is -0.189. The summed E-state index contributed by atoms with van der Waals surface area (Å²) in [7, 11) is 1.73. The number of benzene rings is 1. The van der Waals surface area contributed by atoms with Crippen LogP contribution in [-0.2, 0) is 19.7 Å². The third kappa shape index (κ3) is 4.25. The topological polar surface area (TPSA) is 27.7 Å². The van der Waals surface area contributed by atoms with Crippen molar-refractivity contribution in [2.24, 2.45) is 0 Å². The van der Waals surface area contributed by atoms with Crippen molar-refractivity contribution in [1.29, 1.82) is 0 Å². The first-order valence-corrected chi connectivity index (χ1v) is 8.31. The Morgan fingerprint density at radius 1 is 0.857 bits per heavy atom. The molecule has 0 radical (unpaired) electrons. The van der Waals surface area contributed by atoms with Crippen LogP contribution in [0, 0.1) is 23.3 Å². The predicted molar refractivity (Wildman–Crippen MR) is 70.8 cm³/mol. The van der Waals surface area contributed by atoms with E-state index in [0.29, 0.717) is 25.0 Å². The molecule has 120 valence electrons. The molecule has 0 unspecified atom stereocenters. The van der Waals surface area contributed by atoms with E-state index in [-0.39, 0.29) is 12.0 Å². The second kappa shape index (κ2) is 7.88. The fourth-order valence-corrected chi connectivity index (χ4v) is 3.81. The van der Waals surface area contributed by atoms with Gasteiger partial charge in [-0.15, -0.1) is 0 Å². The van der Waals surface area contributed by atoms with Gasteiger partial charge in [0.05, 0.1) is 0 Å². The molecule has 1 rings (SSSR count). The lowest BCUT2D eigenvalue weighted by molar-refractivity contribution is 0.123. The molecule has 0 aliphatic heterocycles. The van der Waals surface area contributed by atoms with E-state index in [1.807, 2.05) is 0 Å². The molecular weight excluding hydrogens is 308 g/mol. The minimum absolute atomic E-state index is 0.0849. The van der Waals surface area contributed by atoms with Gasteiger partial charge in [-0.1, -0.05) is 0 Å². The van der Waals surface area contributed by atoms with Crippen LogP contribution < -0.4 is 0 Å². The maximum Gasteiger partial charge on any atom is 0.500 e. The number of hydrogen-bond acceptors (Lipinski definition) is 3. The van der Waals surface area contributed by atoms with Gasteiger partial charge in [0.15, 0.2) is 23.3 Å². The van der Waals surface area contributed by atoms with Gasteiger partial charge >= 0.3 is 8.80 Å². The first kappa shape index (κ1) is 18.1. The summed E-state index contributed by atoms with van der Waals surface area (Å²) in [6.45, 7) is 0. The molecule has 0 saturated carbocycles. The minimum Gasteiger partial charge on any atom is -0.377 e. The Labute approximate surface area is 122 Å². The molecule has 0 aliphatic rings. The zero-order valence-electron chi connectivity index (χ0n) is 12.1. The van der Waals surface area contributed by atoms with Crippen molar-refractivity contribution < 1.29 is 30.8 Å². The van der Waals surface area contributed by atoms with Gasteiger partial charge in [0.1, 0.15) is 0 Å². The first-order chi connectivity index (χ1) is 9.90. The number of aryl methyl sites for hydroxylation is 1. The second-order valence-corrected chi connectivity index (χ2v) is 7.55. The molecule has 0 saturated heterocycles. The van der Waals surface area contributed by atoms with Crippen molar-refractivity contribution in [3.63, 3.8) is 0 Å². The zero-order chi connectivity index (χ0) is 16.0. The van der Waals surface area contributed by atoms with Crippen LogP contribution in [0.15, 0.2) is 6.07 Å². The Morgan fingerprint density at radius 3 is 1.95 bits per heavy atom. The van der Waals surface area contributed by atoms with Crippen molar-refractivity contribution in [2.45, 2.75) is 25.3 Å². The van der Waals surface area contributed by atoms with Crippen LogP contribution >= 0.6 is 0 Å². The highest BCUT2D eigenvalue weighted by atomic mass is 28.4. The molecule has 0 atom stereocenters. The lowest BCUT2D eigenvalue weighted by Crippen LogP contribution is -2.42. The lowest BCUT2D eigenvalue weighted by atomic mass is 10.1. The van der Waals surface area contributed by atoms with Crippen LogP contribution in [0.1, 0.15) is 18.4 Å². The van der Waals surface area contributed by atoms with E-state index in [9.17, 15) is 17.6 Å². The highest BCUT2D eigenvalue weighted by Crippen LogP contribution is 2.22.